The van der Waals surface area contributed by atoms with E-state index in [0.29, 0.717) is 5.56 Å². The molecule has 1 atom stereocenters. The normalized spacial score (nSPS) is 11.9. The van der Waals surface area contributed by atoms with Crippen LogP contribution >= 0.6 is 0 Å². The van der Waals surface area contributed by atoms with E-state index in [0.717, 1.165) is 16.5 Å². The van der Waals surface area contributed by atoms with Crippen LogP contribution in [-0.2, 0) is 16.1 Å². The Kier molecular flexibility index (Phi) is 4.79. The van der Waals surface area contributed by atoms with Gasteiger partial charge in [0.1, 0.15) is 5.82 Å². The predicted molar refractivity (Wildman–Crippen MR) is 91.4 cm³/mol. The first-order chi connectivity index (χ1) is 12.0. The van der Waals surface area contributed by atoms with Crippen molar-refractivity contribution in [3.8, 4) is 0 Å². The van der Waals surface area contributed by atoms with Gasteiger partial charge in [-0.1, -0.05) is 30.3 Å². The molecule has 0 radical (unpaired) electrons. The molecular formula is C19H17FN2O3. The van der Waals surface area contributed by atoms with Crippen LogP contribution in [0.2, 0.25) is 0 Å². The van der Waals surface area contributed by atoms with Crippen LogP contribution in [0.4, 0.5) is 4.39 Å². The lowest BCUT2D eigenvalue weighted by Gasteiger charge is -2.13. The number of halogens is 1. The second-order valence-electron chi connectivity index (χ2n) is 5.64. The number of carbonyl (C=O) groups excluding carboxylic acids is 2. The Balaban J connectivity index is 1.59. The fraction of sp³-hybridized carbons (Fsp3) is 0.158. The van der Waals surface area contributed by atoms with E-state index >= 15 is 0 Å². The van der Waals surface area contributed by atoms with Gasteiger partial charge in [0.15, 0.2) is 6.10 Å². The highest BCUT2D eigenvalue weighted by Crippen LogP contribution is 2.19. The average Bonchev–Trinajstić information content (AvgIpc) is 3.05. The van der Waals surface area contributed by atoms with Gasteiger partial charge in [-0.05, 0) is 30.7 Å². The van der Waals surface area contributed by atoms with Gasteiger partial charge >= 0.3 is 5.97 Å². The Labute approximate surface area is 143 Å². The van der Waals surface area contributed by atoms with Gasteiger partial charge in [0.25, 0.3) is 5.91 Å². The number of rotatable bonds is 5. The lowest BCUT2D eigenvalue weighted by atomic mass is 10.2. The Morgan fingerprint density at radius 3 is 2.64 bits per heavy atom. The molecule has 0 unspecified atom stereocenters. The van der Waals surface area contributed by atoms with E-state index in [1.807, 2.05) is 24.3 Å². The van der Waals surface area contributed by atoms with Gasteiger partial charge in [0.2, 0.25) is 0 Å². The molecule has 5 nitrogen and oxygen atoms in total. The van der Waals surface area contributed by atoms with Crippen molar-refractivity contribution < 1.29 is 18.7 Å². The highest BCUT2D eigenvalue weighted by atomic mass is 19.1. The van der Waals surface area contributed by atoms with E-state index in [1.54, 1.807) is 18.3 Å². The molecule has 0 bridgehead atoms. The van der Waals surface area contributed by atoms with Gasteiger partial charge in [-0.2, -0.15) is 0 Å². The Morgan fingerprint density at radius 1 is 1.16 bits per heavy atom. The molecule has 0 aliphatic heterocycles. The number of nitrogens with one attached hydrogen (secondary N) is 2. The zero-order valence-corrected chi connectivity index (χ0v) is 13.6. The van der Waals surface area contributed by atoms with Crippen molar-refractivity contribution in [3.63, 3.8) is 0 Å². The number of aromatic amines is 1. The van der Waals surface area contributed by atoms with E-state index < -0.39 is 18.0 Å². The summed E-state index contributed by atoms with van der Waals surface area (Å²) in [5.41, 5.74) is 1.96. The first-order valence-corrected chi connectivity index (χ1v) is 7.84. The van der Waals surface area contributed by atoms with Gasteiger partial charge in [-0.15, -0.1) is 0 Å². The molecule has 0 saturated carbocycles. The fourth-order valence-corrected chi connectivity index (χ4v) is 2.45. The fourth-order valence-electron chi connectivity index (χ4n) is 2.45. The third-order valence-corrected chi connectivity index (χ3v) is 3.84. The van der Waals surface area contributed by atoms with Crippen molar-refractivity contribution >= 4 is 22.8 Å². The first-order valence-electron chi connectivity index (χ1n) is 7.84. The van der Waals surface area contributed by atoms with E-state index in [9.17, 15) is 14.0 Å². The van der Waals surface area contributed by atoms with Crippen molar-refractivity contribution in [1.29, 1.82) is 0 Å². The van der Waals surface area contributed by atoms with Crippen LogP contribution in [0.15, 0.2) is 54.7 Å². The van der Waals surface area contributed by atoms with Crippen LogP contribution < -0.4 is 5.32 Å². The summed E-state index contributed by atoms with van der Waals surface area (Å²) >= 11 is 0. The molecule has 3 rings (SSSR count). The van der Waals surface area contributed by atoms with Crippen molar-refractivity contribution in [1.82, 2.24) is 10.3 Å². The van der Waals surface area contributed by atoms with Crippen molar-refractivity contribution in [2.45, 2.75) is 19.6 Å². The molecule has 0 saturated heterocycles. The molecule has 1 amide bonds. The number of carbonyl (C=O) groups is 2. The zero-order valence-electron chi connectivity index (χ0n) is 13.6. The number of para-hydroxylation sites is 1. The molecule has 0 fully saturated rings. The van der Waals surface area contributed by atoms with Gasteiger partial charge in [-0.3, -0.25) is 4.79 Å². The van der Waals surface area contributed by atoms with Crippen molar-refractivity contribution in [2.24, 2.45) is 0 Å². The van der Waals surface area contributed by atoms with Gasteiger partial charge in [-0.25, -0.2) is 9.18 Å². The largest absolute Gasteiger partial charge is 0.449 e. The smallest absolute Gasteiger partial charge is 0.341 e. The maximum atomic E-state index is 12.9. The van der Waals surface area contributed by atoms with Crippen LogP contribution in [0.5, 0.6) is 0 Å². The number of hydrogen-bond acceptors (Lipinski definition) is 3. The SMILES string of the molecule is C[C@H](OC(=O)c1c[nH]c2ccccc12)C(=O)NCc1ccc(F)cc1. The molecule has 1 heterocycles. The summed E-state index contributed by atoms with van der Waals surface area (Å²) in [6.45, 7) is 1.74. The van der Waals surface area contributed by atoms with Gasteiger partial charge in [0.05, 0.1) is 5.56 Å². The zero-order chi connectivity index (χ0) is 17.8. The molecular weight excluding hydrogens is 323 g/mol. The van der Waals surface area contributed by atoms with Crippen LogP contribution in [0.1, 0.15) is 22.8 Å². The predicted octanol–water partition coefficient (Wildman–Crippen LogP) is 3.17. The molecule has 25 heavy (non-hydrogen) atoms. The highest BCUT2D eigenvalue weighted by Gasteiger charge is 2.20. The summed E-state index contributed by atoms with van der Waals surface area (Å²) in [7, 11) is 0. The molecule has 3 aromatic rings. The number of hydrogen-bond donors (Lipinski definition) is 2. The quantitative estimate of drug-likeness (QED) is 0.701. The number of ether oxygens (including phenoxy) is 1. The minimum absolute atomic E-state index is 0.230. The van der Waals surface area contributed by atoms with E-state index in [4.69, 9.17) is 4.74 Å². The van der Waals surface area contributed by atoms with Crippen LogP contribution in [0.3, 0.4) is 0 Å². The summed E-state index contributed by atoms with van der Waals surface area (Å²) < 4.78 is 18.1. The van der Waals surface area contributed by atoms with E-state index in [1.165, 1.54) is 19.1 Å². The molecule has 2 aromatic carbocycles. The monoisotopic (exact) mass is 340 g/mol. The topological polar surface area (TPSA) is 71.2 Å². The Hall–Kier alpha value is -3.15. The van der Waals surface area contributed by atoms with E-state index in [2.05, 4.69) is 10.3 Å². The molecule has 128 valence electrons. The van der Waals surface area contributed by atoms with Crippen LogP contribution in [0, 0.1) is 5.82 Å². The van der Waals surface area contributed by atoms with Gasteiger partial charge < -0.3 is 15.0 Å². The lowest BCUT2D eigenvalue weighted by molar-refractivity contribution is -0.129. The summed E-state index contributed by atoms with van der Waals surface area (Å²) in [4.78, 5) is 27.4. The number of amides is 1. The van der Waals surface area contributed by atoms with Crippen LogP contribution in [0.25, 0.3) is 10.9 Å². The standard InChI is InChI=1S/C19H17FN2O3/c1-12(18(23)22-10-13-6-8-14(20)9-7-13)25-19(24)16-11-21-17-5-3-2-4-15(16)17/h2-9,11-12,21H,10H2,1H3,(H,22,23)/t12-/m0/s1. The Morgan fingerprint density at radius 2 is 1.88 bits per heavy atom. The minimum Gasteiger partial charge on any atom is -0.449 e. The summed E-state index contributed by atoms with van der Waals surface area (Å²) in [6.07, 6.45) is 0.623. The second kappa shape index (κ2) is 7.17. The molecule has 6 heteroatoms. The van der Waals surface area contributed by atoms with Gasteiger partial charge in [0, 0.05) is 23.6 Å². The molecule has 0 aliphatic rings. The number of benzene rings is 2. The molecule has 2 N–H and O–H groups in total. The number of aromatic nitrogens is 1. The lowest BCUT2D eigenvalue weighted by Crippen LogP contribution is -2.35. The van der Waals surface area contributed by atoms with Crippen LogP contribution in [-0.4, -0.2) is 23.0 Å². The number of fused-ring (bicyclic) bond motifs is 1. The Bertz CT molecular complexity index is 902. The third kappa shape index (κ3) is 3.85. The summed E-state index contributed by atoms with van der Waals surface area (Å²) in [6, 6.07) is 13.2. The molecule has 1 aromatic heterocycles. The highest BCUT2D eigenvalue weighted by molar-refractivity contribution is 6.04. The van der Waals surface area contributed by atoms with Crippen molar-refractivity contribution in [2.75, 3.05) is 0 Å². The average molecular weight is 340 g/mol. The first kappa shape index (κ1) is 16.7. The maximum Gasteiger partial charge on any atom is 0.341 e. The molecule has 0 spiro atoms. The second-order valence-corrected chi connectivity index (χ2v) is 5.64. The maximum absolute atomic E-state index is 12.9. The summed E-state index contributed by atoms with van der Waals surface area (Å²) in [5.74, 6) is -1.32. The number of H-pyrrole nitrogens is 1. The number of esters is 1. The summed E-state index contributed by atoms with van der Waals surface area (Å²) in [5, 5.41) is 3.40. The van der Waals surface area contributed by atoms with Crippen molar-refractivity contribution in [3.05, 3.63) is 71.7 Å². The van der Waals surface area contributed by atoms with E-state index in [-0.39, 0.29) is 12.4 Å². The third-order valence-electron chi connectivity index (χ3n) is 3.84. The minimum atomic E-state index is -0.943. The molecule has 0 aliphatic carbocycles.